The maximum Gasteiger partial charge on any atom is 0.355 e. The van der Waals surface area contributed by atoms with Crippen LogP contribution in [-0.2, 0) is 24.3 Å². The average Bonchev–Trinajstić information content (AvgIpc) is 3.71. The highest BCUT2D eigenvalue weighted by Gasteiger charge is 2.59. The van der Waals surface area contributed by atoms with Crippen LogP contribution in [0.2, 0.25) is 0 Å². The fourth-order valence-corrected chi connectivity index (χ4v) is 11.6. The van der Waals surface area contributed by atoms with Gasteiger partial charge in [-0.3, -0.25) is 19.6 Å². The van der Waals surface area contributed by atoms with E-state index >= 15 is 0 Å². The summed E-state index contributed by atoms with van der Waals surface area (Å²) in [6.45, 7) is 13.3. The second kappa shape index (κ2) is 13.8. The van der Waals surface area contributed by atoms with Crippen molar-refractivity contribution in [2.45, 2.75) is 98.3 Å². The Morgan fingerprint density at radius 1 is 0.982 bits per heavy atom. The molecule has 1 aromatic carbocycles. The zero-order valence-corrected chi connectivity index (χ0v) is 33.3. The first kappa shape index (κ1) is 37.2. The quantitative estimate of drug-likeness (QED) is 0.119. The first-order valence-electron chi connectivity index (χ1n) is 19.2. The van der Waals surface area contributed by atoms with E-state index in [1.165, 1.54) is 17.8 Å². The number of thiazole rings is 1. The van der Waals surface area contributed by atoms with Crippen LogP contribution in [0.15, 0.2) is 54.9 Å². The molecule has 4 unspecified atom stereocenters. The predicted molar refractivity (Wildman–Crippen MR) is 214 cm³/mol. The molecule has 2 saturated carbocycles. The number of anilines is 2. The molecule has 1 aliphatic heterocycles. The van der Waals surface area contributed by atoms with Crippen molar-refractivity contribution in [3.8, 4) is 11.1 Å². The molecule has 3 N–H and O–H groups in total. The first-order valence-corrected chi connectivity index (χ1v) is 20.1. The van der Waals surface area contributed by atoms with Gasteiger partial charge in [0.2, 0.25) is 0 Å². The Balaban J connectivity index is 1.03. The van der Waals surface area contributed by atoms with Gasteiger partial charge in [-0.2, -0.15) is 10.1 Å². The van der Waals surface area contributed by atoms with Gasteiger partial charge in [0, 0.05) is 55.3 Å². The summed E-state index contributed by atoms with van der Waals surface area (Å²) in [4.78, 5) is 48.4. The van der Waals surface area contributed by atoms with Crippen LogP contribution in [-0.4, -0.2) is 60.9 Å². The van der Waals surface area contributed by atoms with Crippen LogP contribution in [0.5, 0.6) is 0 Å². The number of fused-ring (bicyclic) bond motifs is 4. The maximum absolute atomic E-state index is 13.6. The molecule has 2 bridgehead atoms. The predicted octanol–water partition coefficient (Wildman–Crippen LogP) is 8.07. The second-order valence-corrected chi connectivity index (χ2v) is 18.3. The molecular weight excluding hydrogens is 713 g/mol. The van der Waals surface area contributed by atoms with Crippen molar-refractivity contribution < 1.29 is 19.5 Å². The van der Waals surface area contributed by atoms with Gasteiger partial charge in [-0.1, -0.05) is 57.6 Å². The Hall–Kier alpha value is -4.72. The lowest BCUT2D eigenvalue weighted by molar-refractivity contribution is -0.220. The number of carbonyl (C=O) groups is 2. The fourth-order valence-electron chi connectivity index (χ4n) is 10.8. The van der Waals surface area contributed by atoms with Crippen molar-refractivity contribution in [2.75, 3.05) is 23.8 Å². The minimum absolute atomic E-state index is 0.0208. The number of hydrogen-bond donors (Lipinski definition) is 3. The lowest BCUT2D eigenvalue weighted by Crippen LogP contribution is -2.58. The molecule has 1 amide bonds. The summed E-state index contributed by atoms with van der Waals surface area (Å²) in [5.74, 6) is -0.798. The number of carboxylic acid groups (broad SMARTS) is 1. The fraction of sp³-hybridized carbons (Fsp3) is 0.476. The van der Waals surface area contributed by atoms with E-state index < -0.39 is 5.97 Å². The molecule has 0 radical (unpaired) electrons. The standard InChI is InChI=1S/C42H50N8O4S/c1-7-39(3)20-40(4)21-41(5,24-42(22-39,23-40)54-43-6)25-50-26(2)30(18-45-50)28-13-14-33(46-34(28)37(52)53)49-17-15-27-10-8-11-29(31(27)19-49)36(51)48-38-47-35-32(55-38)12-9-16-44-35/h8-14,16,18,43H,7,15,17,19-25H2,1-6H3,(H,52,53)(H,44,47,48,51). The zero-order chi connectivity index (χ0) is 38.8. The number of nitrogens with zero attached hydrogens (tertiary/aromatic N) is 6. The van der Waals surface area contributed by atoms with Gasteiger partial charge < -0.3 is 10.0 Å². The third kappa shape index (κ3) is 7.02. The van der Waals surface area contributed by atoms with Crippen LogP contribution >= 0.6 is 11.3 Å². The van der Waals surface area contributed by atoms with Crippen molar-refractivity contribution in [1.29, 1.82) is 0 Å². The van der Waals surface area contributed by atoms with Crippen molar-refractivity contribution in [3.63, 3.8) is 0 Å². The molecule has 55 heavy (non-hydrogen) atoms. The van der Waals surface area contributed by atoms with Gasteiger partial charge in [0.1, 0.15) is 5.82 Å². The number of pyridine rings is 2. The molecule has 288 valence electrons. The number of hydrogen-bond acceptors (Lipinski definition) is 10. The Kier molecular flexibility index (Phi) is 9.33. The Morgan fingerprint density at radius 3 is 2.55 bits per heavy atom. The molecule has 5 heterocycles. The second-order valence-electron chi connectivity index (χ2n) is 17.2. The Labute approximate surface area is 325 Å². The highest BCUT2D eigenvalue weighted by atomic mass is 32.1. The number of rotatable bonds is 10. The maximum atomic E-state index is 13.6. The van der Waals surface area contributed by atoms with Crippen LogP contribution in [0.3, 0.4) is 0 Å². The molecule has 4 aromatic heterocycles. The van der Waals surface area contributed by atoms with Gasteiger partial charge in [0.15, 0.2) is 16.5 Å². The first-order chi connectivity index (χ1) is 26.2. The number of amides is 1. The number of benzene rings is 1. The lowest BCUT2D eigenvalue weighted by atomic mass is 9.47. The summed E-state index contributed by atoms with van der Waals surface area (Å²) in [5, 5.41) is 18.8. The van der Waals surface area contributed by atoms with Crippen LogP contribution in [0.4, 0.5) is 10.9 Å². The molecule has 13 heteroatoms. The van der Waals surface area contributed by atoms with E-state index in [0.29, 0.717) is 53.8 Å². The van der Waals surface area contributed by atoms with Crippen molar-refractivity contribution in [2.24, 2.45) is 16.2 Å². The van der Waals surface area contributed by atoms with Gasteiger partial charge in [0.05, 0.1) is 16.5 Å². The van der Waals surface area contributed by atoms with E-state index in [9.17, 15) is 14.7 Å². The number of aromatic nitrogens is 5. The summed E-state index contributed by atoms with van der Waals surface area (Å²) < 4.78 is 2.94. The van der Waals surface area contributed by atoms with Gasteiger partial charge in [-0.05, 0) is 103 Å². The van der Waals surface area contributed by atoms with Crippen molar-refractivity contribution in [3.05, 3.63) is 82.9 Å². The summed E-state index contributed by atoms with van der Waals surface area (Å²) in [5.41, 5.74) is 8.41. The van der Waals surface area contributed by atoms with E-state index in [1.807, 2.05) is 66.0 Å². The smallest absolute Gasteiger partial charge is 0.355 e. The van der Waals surface area contributed by atoms with Crippen molar-refractivity contribution >= 4 is 44.5 Å². The van der Waals surface area contributed by atoms with Crippen LogP contribution in [0, 0.1) is 23.2 Å². The molecule has 5 aromatic rings. The number of carboxylic acids is 1. The van der Waals surface area contributed by atoms with Crippen LogP contribution in [0.25, 0.3) is 21.5 Å². The highest BCUT2D eigenvalue weighted by Crippen LogP contribution is 2.64. The molecule has 0 saturated heterocycles. The summed E-state index contributed by atoms with van der Waals surface area (Å²) >= 11 is 1.38. The SMILES string of the molecule is CCC1(C)CC2(C)CC(C)(Cn3ncc(-c4ccc(N5CCc6cccc(C(=O)Nc7nc8ncccc8s7)c6C5)nc4C(=O)O)c3C)CC(ONC)(C1)C2. The highest BCUT2D eigenvalue weighted by molar-refractivity contribution is 7.22. The number of hydroxylamine groups is 1. The number of nitrogens with one attached hydrogen (secondary N) is 2. The van der Waals surface area contributed by atoms with E-state index in [1.54, 1.807) is 12.4 Å². The lowest BCUT2D eigenvalue weighted by Gasteiger charge is -2.61. The minimum atomic E-state index is -1.10. The molecule has 12 nitrogen and oxygen atoms in total. The topological polar surface area (TPSA) is 147 Å². The van der Waals surface area contributed by atoms with E-state index in [4.69, 9.17) is 14.9 Å². The molecule has 2 fully saturated rings. The molecule has 0 spiro atoms. The van der Waals surface area contributed by atoms with E-state index in [0.717, 1.165) is 59.2 Å². The van der Waals surface area contributed by atoms with Gasteiger partial charge in [-0.25, -0.2) is 20.2 Å². The van der Waals surface area contributed by atoms with Crippen molar-refractivity contribution in [1.82, 2.24) is 30.2 Å². The average molecular weight is 763 g/mol. The molecular formula is C42H50N8O4S. The largest absolute Gasteiger partial charge is 0.476 e. The summed E-state index contributed by atoms with van der Waals surface area (Å²) in [6.07, 6.45) is 10.5. The summed E-state index contributed by atoms with van der Waals surface area (Å²) in [6, 6.07) is 13.3. The number of aromatic carboxylic acids is 1. The van der Waals surface area contributed by atoms with Crippen LogP contribution in [0.1, 0.15) is 104 Å². The monoisotopic (exact) mass is 762 g/mol. The van der Waals surface area contributed by atoms with Gasteiger partial charge in [0.25, 0.3) is 5.91 Å². The van der Waals surface area contributed by atoms with E-state index in [2.05, 4.69) is 48.5 Å². The van der Waals surface area contributed by atoms with Gasteiger partial charge >= 0.3 is 5.97 Å². The Morgan fingerprint density at radius 2 is 1.78 bits per heavy atom. The zero-order valence-electron chi connectivity index (χ0n) is 32.5. The van der Waals surface area contributed by atoms with E-state index in [-0.39, 0.29) is 33.4 Å². The normalized spacial score (nSPS) is 26.2. The molecule has 3 aliphatic rings. The molecule has 2 aliphatic carbocycles. The minimum Gasteiger partial charge on any atom is -0.476 e. The third-order valence-corrected chi connectivity index (χ3v) is 13.3. The number of carbonyl (C=O) groups excluding carboxylic acids is 1. The summed E-state index contributed by atoms with van der Waals surface area (Å²) in [7, 11) is 1.87. The Bertz CT molecular complexity index is 2270. The van der Waals surface area contributed by atoms with Crippen LogP contribution < -0.4 is 15.7 Å². The van der Waals surface area contributed by atoms with Gasteiger partial charge in [-0.15, -0.1) is 0 Å². The third-order valence-electron chi connectivity index (χ3n) is 12.4. The molecule has 4 atom stereocenters. The molecule has 8 rings (SSSR count).